The fraction of sp³-hybridized carbons (Fsp3) is 0.259. The van der Waals surface area contributed by atoms with Crippen LogP contribution in [0.5, 0.6) is 5.75 Å². The third-order valence-electron chi connectivity index (χ3n) is 5.97. The molecule has 5 rings (SSSR count). The molecule has 0 saturated carbocycles. The largest absolute Gasteiger partial charge is 0.489 e. The maximum Gasteiger partial charge on any atom is 0.254 e. The number of nitrogens with zero attached hydrogens (tertiary/aromatic N) is 3. The molecule has 174 valence electrons. The van der Waals surface area contributed by atoms with Gasteiger partial charge < -0.3 is 18.8 Å². The second-order valence-corrected chi connectivity index (χ2v) is 8.57. The third kappa shape index (κ3) is 5.26. The summed E-state index contributed by atoms with van der Waals surface area (Å²) in [6.45, 7) is 2.52. The molecule has 2 aromatic heterocycles. The highest BCUT2D eigenvalue weighted by Gasteiger charge is 2.24. The predicted molar refractivity (Wildman–Crippen MR) is 126 cm³/mol. The molecule has 0 bridgehead atoms. The second kappa shape index (κ2) is 10.1. The summed E-state index contributed by atoms with van der Waals surface area (Å²) in [5.74, 6) is 0.427. The van der Waals surface area contributed by atoms with Crippen molar-refractivity contribution in [3.8, 4) is 5.75 Å². The van der Waals surface area contributed by atoms with Crippen LogP contribution in [0.25, 0.3) is 5.65 Å². The Hall–Kier alpha value is -3.71. The zero-order valence-corrected chi connectivity index (χ0v) is 18.8. The maximum absolute atomic E-state index is 13.4. The van der Waals surface area contributed by atoms with Gasteiger partial charge in [0, 0.05) is 43.2 Å². The standard InChI is InChI=1S/C27H26FN3O3/c28-24-5-1-3-21(14-24)19-34-25-6-2-4-23(15-25)27(32)31-11-12-33-18-22(17-31)13-20-7-8-26-29-9-10-30(26)16-20/h1-10,14-16,22H,11-13,17-19H2/t22-/m0/s1. The zero-order valence-electron chi connectivity index (χ0n) is 18.8. The van der Waals surface area contributed by atoms with Gasteiger partial charge in [0.2, 0.25) is 0 Å². The number of hydrogen-bond donors (Lipinski definition) is 0. The molecule has 6 nitrogen and oxygen atoms in total. The van der Waals surface area contributed by atoms with Crippen LogP contribution in [0.4, 0.5) is 4.39 Å². The van der Waals surface area contributed by atoms with E-state index in [2.05, 4.69) is 17.2 Å². The molecule has 0 unspecified atom stereocenters. The van der Waals surface area contributed by atoms with Crippen molar-refractivity contribution in [3.05, 3.63) is 102 Å². The van der Waals surface area contributed by atoms with Crippen molar-refractivity contribution in [2.75, 3.05) is 26.3 Å². The monoisotopic (exact) mass is 459 g/mol. The summed E-state index contributed by atoms with van der Waals surface area (Å²) in [6, 6.07) is 17.5. The van der Waals surface area contributed by atoms with Crippen LogP contribution < -0.4 is 4.74 Å². The fourth-order valence-corrected chi connectivity index (χ4v) is 4.30. The summed E-state index contributed by atoms with van der Waals surface area (Å²) in [6.07, 6.45) is 6.61. The van der Waals surface area contributed by atoms with Crippen LogP contribution in [0.2, 0.25) is 0 Å². The van der Waals surface area contributed by atoms with E-state index in [1.165, 1.54) is 17.7 Å². The van der Waals surface area contributed by atoms with E-state index in [0.29, 0.717) is 37.6 Å². The first-order chi connectivity index (χ1) is 16.6. The maximum atomic E-state index is 13.4. The van der Waals surface area contributed by atoms with Crippen molar-refractivity contribution in [1.82, 2.24) is 14.3 Å². The van der Waals surface area contributed by atoms with E-state index in [4.69, 9.17) is 9.47 Å². The van der Waals surface area contributed by atoms with E-state index in [9.17, 15) is 9.18 Å². The molecular formula is C27H26FN3O3. The molecule has 0 spiro atoms. The Balaban J connectivity index is 1.25. The lowest BCUT2D eigenvalue weighted by Crippen LogP contribution is -2.36. The second-order valence-electron chi connectivity index (χ2n) is 8.57. The minimum atomic E-state index is -0.298. The number of hydrogen-bond acceptors (Lipinski definition) is 4. The van der Waals surface area contributed by atoms with E-state index < -0.39 is 0 Å². The molecule has 1 fully saturated rings. The van der Waals surface area contributed by atoms with Gasteiger partial charge in [-0.05, 0) is 53.9 Å². The van der Waals surface area contributed by atoms with Gasteiger partial charge >= 0.3 is 0 Å². The van der Waals surface area contributed by atoms with Gasteiger partial charge in [-0.2, -0.15) is 0 Å². The van der Waals surface area contributed by atoms with Gasteiger partial charge in [0.1, 0.15) is 23.8 Å². The number of ether oxygens (including phenoxy) is 2. The van der Waals surface area contributed by atoms with E-state index in [1.54, 1.807) is 42.6 Å². The van der Waals surface area contributed by atoms with Crippen LogP contribution in [-0.4, -0.2) is 46.5 Å². The highest BCUT2D eigenvalue weighted by Crippen LogP contribution is 2.20. The number of amides is 1. The summed E-state index contributed by atoms with van der Waals surface area (Å²) in [5, 5.41) is 0. The van der Waals surface area contributed by atoms with Crippen molar-refractivity contribution in [2.24, 2.45) is 5.92 Å². The normalized spacial score (nSPS) is 16.4. The number of halogens is 1. The lowest BCUT2D eigenvalue weighted by atomic mass is 10.0. The Kier molecular flexibility index (Phi) is 6.53. The summed E-state index contributed by atoms with van der Waals surface area (Å²) in [5.41, 5.74) is 3.40. The summed E-state index contributed by atoms with van der Waals surface area (Å²) in [7, 11) is 0. The lowest BCUT2D eigenvalue weighted by molar-refractivity contribution is 0.0737. The Morgan fingerprint density at radius 1 is 1.12 bits per heavy atom. The Bertz CT molecular complexity index is 1290. The Morgan fingerprint density at radius 2 is 2.03 bits per heavy atom. The average Bonchev–Trinajstić information content (AvgIpc) is 3.20. The van der Waals surface area contributed by atoms with Crippen molar-refractivity contribution >= 4 is 11.6 Å². The van der Waals surface area contributed by atoms with Crippen LogP contribution in [-0.2, 0) is 17.8 Å². The fourth-order valence-electron chi connectivity index (χ4n) is 4.30. The summed E-state index contributed by atoms with van der Waals surface area (Å²) < 4.78 is 27.0. The number of pyridine rings is 1. The lowest BCUT2D eigenvalue weighted by Gasteiger charge is -2.24. The molecule has 1 atom stereocenters. The Morgan fingerprint density at radius 3 is 2.94 bits per heavy atom. The Labute approximate surface area is 197 Å². The van der Waals surface area contributed by atoms with Crippen molar-refractivity contribution in [2.45, 2.75) is 13.0 Å². The average molecular weight is 460 g/mol. The molecular weight excluding hydrogens is 433 g/mol. The summed E-state index contributed by atoms with van der Waals surface area (Å²) in [4.78, 5) is 19.5. The van der Waals surface area contributed by atoms with E-state index in [1.807, 2.05) is 21.6 Å². The molecule has 34 heavy (non-hydrogen) atoms. The predicted octanol–water partition coefficient (Wildman–Crippen LogP) is 4.38. The van der Waals surface area contributed by atoms with Crippen LogP contribution >= 0.6 is 0 Å². The van der Waals surface area contributed by atoms with Crippen LogP contribution in [0, 0.1) is 11.7 Å². The first kappa shape index (κ1) is 22.1. The first-order valence-electron chi connectivity index (χ1n) is 11.4. The number of fused-ring (bicyclic) bond motifs is 1. The summed E-state index contributed by atoms with van der Waals surface area (Å²) >= 11 is 0. The highest BCUT2D eigenvalue weighted by atomic mass is 19.1. The molecule has 1 amide bonds. The number of aromatic nitrogens is 2. The van der Waals surface area contributed by atoms with E-state index in [0.717, 1.165) is 17.6 Å². The highest BCUT2D eigenvalue weighted by molar-refractivity contribution is 5.94. The van der Waals surface area contributed by atoms with Crippen LogP contribution in [0.3, 0.4) is 0 Å². The van der Waals surface area contributed by atoms with Gasteiger partial charge in [0.15, 0.2) is 0 Å². The molecule has 1 saturated heterocycles. The van der Waals surface area contributed by atoms with Gasteiger partial charge in [-0.1, -0.05) is 24.3 Å². The number of carbonyl (C=O) groups excluding carboxylic acids is 1. The molecule has 1 aliphatic rings. The number of rotatable bonds is 6. The van der Waals surface area contributed by atoms with E-state index >= 15 is 0 Å². The molecule has 0 N–H and O–H groups in total. The van der Waals surface area contributed by atoms with Crippen molar-refractivity contribution in [3.63, 3.8) is 0 Å². The van der Waals surface area contributed by atoms with Crippen LogP contribution in [0.15, 0.2) is 79.3 Å². The number of carbonyl (C=O) groups is 1. The van der Waals surface area contributed by atoms with Crippen LogP contribution in [0.1, 0.15) is 21.5 Å². The molecule has 1 aliphatic heterocycles. The van der Waals surface area contributed by atoms with Gasteiger partial charge in [-0.3, -0.25) is 4.79 Å². The minimum Gasteiger partial charge on any atom is -0.489 e. The molecule has 0 radical (unpaired) electrons. The quantitative estimate of drug-likeness (QED) is 0.429. The molecule has 3 heterocycles. The molecule has 4 aromatic rings. The van der Waals surface area contributed by atoms with Gasteiger partial charge in [0.25, 0.3) is 5.91 Å². The molecule has 2 aromatic carbocycles. The zero-order chi connectivity index (χ0) is 23.3. The first-order valence-corrected chi connectivity index (χ1v) is 11.4. The SMILES string of the molecule is O=C(c1cccc(OCc2cccc(F)c2)c1)N1CCOC[C@@H](Cc2ccc3nccn3c2)C1. The third-order valence-corrected chi connectivity index (χ3v) is 5.97. The van der Waals surface area contributed by atoms with Gasteiger partial charge in [0.05, 0.1) is 13.2 Å². The smallest absolute Gasteiger partial charge is 0.254 e. The molecule has 7 heteroatoms. The van der Waals surface area contributed by atoms with Crippen molar-refractivity contribution in [1.29, 1.82) is 0 Å². The van der Waals surface area contributed by atoms with Crippen molar-refractivity contribution < 1.29 is 18.7 Å². The van der Waals surface area contributed by atoms with E-state index in [-0.39, 0.29) is 24.2 Å². The number of benzene rings is 2. The van der Waals surface area contributed by atoms with Gasteiger partial charge in [-0.15, -0.1) is 0 Å². The molecule has 0 aliphatic carbocycles. The van der Waals surface area contributed by atoms with Gasteiger partial charge in [-0.25, -0.2) is 9.37 Å². The minimum absolute atomic E-state index is 0.0447. The number of imidazole rings is 1. The topological polar surface area (TPSA) is 56.1 Å².